The Balaban J connectivity index is 2.96. The summed E-state index contributed by atoms with van der Waals surface area (Å²) in [4.78, 5) is 0. The number of nitrogens with two attached hydrogens (primary N) is 1. The molecule has 3 heteroatoms. The monoisotopic (exact) mass is 161 g/mol. The Labute approximate surface area is 70.8 Å². The third-order valence-corrected chi connectivity index (χ3v) is 2.16. The Morgan fingerprint density at radius 2 is 2.17 bits per heavy atom. The van der Waals surface area contributed by atoms with Crippen LogP contribution in [0.15, 0.2) is 18.3 Å². The number of nitrogen functional groups attached to an aromatic ring is 1. The van der Waals surface area contributed by atoms with E-state index in [1.54, 1.807) is 4.68 Å². The molecule has 0 saturated carbocycles. The summed E-state index contributed by atoms with van der Waals surface area (Å²) in [5.41, 5.74) is 8.86. The predicted octanol–water partition coefficient (Wildman–Crippen LogP) is 1.46. The smallest absolute Gasteiger partial charge is 0.0910 e. The molecule has 1 aromatic carbocycles. The van der Waals surface area contributed by atoms with Crippen LogP contribution in [-0.2, 0) is 7.05 Å². The Morgan fingerprint density at radius 3 is 2.92 bits per heavy atom. The number of aromatic nitrogens is 2. The van der Waals surface area contributed by atoms with E-state index in [9.17, 15) is 0 Å². The first-order chi connectivity index (χ1) is 5.70. The minimum absolute atomic E-state index is 0.826. The second-order valence-corrected chi connectivity index (χ2v) is 3.00. The van der Waals surface area contributed by atoms with Crippen molar-refractivity contribution in [2.75, 3.05) is 5.73 Å². The summed E-state index contributed by atoms with van der Waals surface area (Å²) in [6.45, 7) is 2.00. The van der Waals surface area contributed by atoms with Gasteiger partial charge in [0.25, 0.3) is 0 Å². The van der Waals surface area contributed by atoms with Crippen LogP contribution in [0, 0.1) is 6.92 Å². The zero-order valence-electron chi connectivity index (χ0n) is 7.20. The van der Waals surface area contributed by atoms with Crippen LogP contribution in [0.4, 0.5) is 5.69 Å². The van der Waals surface area contributed by atoms with Crippen LogP contribution in [0.1, 0.15) is 5.56 Å². The zero-order valence-corrected chi connectivity index (χ0v) is 7.20. The Hall–Kier alpha value is -1.51. The van der Waals surface area contributed by atoms with Gasteiger partial charge in [-0.25, -0.2) is 0 Å². The lowest BCUT2D eigenvalue weighted by Gasteiger charge is -2.02. The molecular formula is C9H11N3. The maximum atomic E-state index is 5.90. The molecule has 2 aromatic rings. The summed E-state index contributed by atoms with van der Waals surface area (Å²) >= 11 is 0. The number of nitrogens with zero attached hydrogens (tertiary/aromatic N) is 2. The van der Waals surface area contributed by atoms with Gasteiger partial charge < -0.3 is 5.73 Å². The quantitative estimate of drug-likeness (QED) is 0.594. The van der Waals surface area contributed by atoms with Gasteiger partial charge in [-0.05, 0) is 12.5 Å². The maximum absolute atomic E-state index is 5.90. The van der Waals surface area contributed by atoms with Gasteiger partial charge in [0.2, 0.25) is 0 Å². The molecule has 2 N–H and O–H groups in total. The lowest BCUT2D eigenvalue weighted by Crippen LogP contribution is -1.96. The molecule has 0 aliphatic rings. The van der Waals surface area contributed by atoms with Gasteiger partial charge in [0.1, 0.15) is 0 Å². The van der Waals surface area contributed by atoms with Crippen LogP contribution in [-0.4, -0.2) is 9.78 Å². The van der Waals surface area contributed by atoms with E-state index in [2.05, 4.69) is 5.10 Å². The van der Waals surface area contributed by atoms with Crippen molar-refractivity contribution >= 4 is 16.6 Å². The minimum atomic E-state index is 0.826. The summed E-state index contributed by atoms with van der Waals surface area (Å²) in [6, 6.07) is 4.05. The van der Waals surface area contributed by atoms with E-state index in [-0.39, 0.29) is 0 Å². The molecule has 2 rings (SSSR count). The number of hydrogen-bond acceptors (Lipinski definition) is 2. The second kappa shape index (κ2) is 2.24. The highest BCUT2D eigenvalue weighted by molar-refractivity contribution is 5.91. The zero-order chi connectivity index (χ0) is 8.72. The second-order valence-electron chi connectivity index (χ2n) is 3.00. The van der Waals surface area contributed by atoms with E-state index in [0.717, 1.165) is 22.2 Å². The van der Waals surface area contributed by atoms with Crippen LogP contribution in [0.2, 0.25) is 0 Å². The summed E-state index contributed by atoms with van der Waals surface area (Å²) in [5, 5.41) is 5.23. The summed E-state index contributed by atoms with van der Waals surface area (Å²) < 4.78 is 1.80. The first-order valence-corrected chi connectivity index (χ1v) is 3.87. The van der Waals surface area contributed by atoms with Crippen molar-refractivity contribution in [2.24, 2.45) is 7.05 Å². The summed E-state index contributed by atoms with van der Waals surface area (Å²) in [7, 11) is 1.90. The highest BCUT2D eigenvalue weighted by Gasteiger charge is 2.04. The average molecular weight is 161 g/mol. The topological polar surface area (TPSA) is 43.8 Å². The molecule has 1 heterocycles. The number of hydrogen-bond donors (Lipinski definition) is 1. The Morgan fingerprint density at radius 1 is 1.42 bits per heavy atom. The predicted molar refractivity (Wildman–Crippen MR) is 49.9 cm³/mol. The molecule has 0 saturated heterocycles. The van der Waals surface area contributed by atoms with Gasteiger partial charge in [0, 0.05) is 12.4 Å². The first-order valence-electron chi connectivity index (χ1n) is 3.87. The molecule has 0 atom stereocenters. The molecule has 0 fully saturated rings. The number of fused-ring (bicyclic) bond motifs is 1. The van der Waals surface area contributed by atoms with Gasteiger partial charge in [-0.3, -0.25) is 4.68 Å². The van der Waals surface area contributed by atoms with E-state index in [4.69, 9.17) is 5.73 Å². The molecule has 0 aliphatic carbocycles. The first kappa shape index (κ1) is 7.16. The Bertz CT molecular complexity index is 429. The van der Waals surface area contributed by atoms with Gasteiger partial charge in [0.05, 0.1) is 17.4 Å². The van der Waals surface area contributed by atoms with Crippen molar-refractivity contribution in [1.82, 2.24) is 9.78 Å². The molecule has 62 valence electrons. The van der Waals surface area contributed by atoms with Gasteiger partial charge >= 0.3 is 0 Å². The average Bonchev–Trinajstić information content (AvgIpc) is 2.41. The van der Waals surface area contributed by atoms with E-state index in [1.807, 2.05) is 32.3 Å². The number of rotatable bonds is 0. The number of anilines is 1. The summed E-state index contributed by atoms with van der Waals surface area (Å²) in [5.74, 6) is 0. The summed E-state index contributed by atoms with van der Waals surface area (Å²) in [6.07, 6.45) is 1.82. The van der Waals surface area contributed by atoms with E-state index >= 15 is 0 Å². The molecule has 0 aliphatic heterocycles. The van der Waals surface area contributed by atoms with Crippen molar-refractivity contribution < 1.29 is 0 Å². The highest BCUT2D eigenvalue weighted by atomic mass is 15.3. The van der Waals surface area contributed by atoms with Gasteiger partial charge in [0.15, 0.2) is 0 Å². The van der Waals surface area contributed by atoms with E-state index in [0.29, 0.717) is 0 Å². The molecule has 0 bridgehead atoms. The fraction of sp³-hybridized carbons (Fsp3) is 0.222. The largest absolute Gasteiger partial charge is 0.397 e. The molecule has 1 aromatic heterocycles. The molecule has 0 spiro atoms. The molecule has 12 heavy (non-hydrogen) atoms. The molecule has 0 radical (unpaired) electrons. The fourth-order valence-electron chi connectivity index (χ4n) is 1.40. The molecule has 0 unspecified atom stereocenters. The van der Waals surface area contributed by atoms with E-state index < -0.39 is 0 Å². The van der Waals surface area contributed by atoms with Crippen molar-refractivity contribution in [1.29, 1.82) is 0 Å². The number of benzene rings is 1. The van der Waals surface area contributed by atoms with Gasteiger partial charge in [-0.2, -0.15) is 5.10 Å². The lowest BCUT2D eigenvalue weighted by molar-refractivity contribution is 0.797. The SMILES string of the molecule is Cc1ccc2cnn(C)c2c1N. The van der Waals surface area contributed by atoms with Crippen LogP contribution in [0.25, 0.3) is 10.9 Å². The fourth-order valence-corrected chi connectivity index (χ4v) is 1.40. The third-order valence-electron chi connectivity index (χ3n) is 2.16. The van der Waals surface area contributed by atoms with Crippen LogP contribution in [0.5, 0.6) is 0 Å². The third kappa shape index (κ3) is 0.794. The van der Waals surface area contributed by atoms with Crippen molar-refractivity contribution in [3.8, 4) is 0 Å². The van der Waals surface area contributed by atoms with Crippen LogP contribution < -0.4 is 5.73 Å². The normalized spacial score (nSPS) is 10.8. The van der Waals surface area contributed by atoms with Crippen molar-refractivity contribution in [3.63, 3.8) is 0 Å². The van der Waals surface area contributed by atoms with Gasteiger partial charge in [-0.1, -0.05) is 12.1 Å². The van der Waals surface area contributed by atoms with Crippen LogP contribution >= 0.6 is 0 Å². The standard InChI is InChI=1S/C9H11N3/c1-6-3-4-7-5-11-12(2)9(7)8(6)10/h3-5H,10H2,1-2H3. The maximum Gasteiger partial charge on any atom is 0.0910 e. The highest BCUT2D eigenvalue weighted by Crippen LogP contribution is 2.22. The van der Waals surface area contributed by atoms with E-state index in [1.165, 1.54) is 0 Å². The molecule has 0 amide bonds. The van der Waals surface area contributed by atoms with Crippen molar-refractivity contribution in [2.45, 2.75) is 6.92 Å². The van der Waals surface area contributed by atoms with Gasteiger partial charge in [-0.15, -0.1) is 0 Å². The lowest BCUT2D eigenvalue weighted by atomic mass is 10.1. The Kier molecular flexibility index (Phi) is 1.33. The minimum Gasteiger partial charge on any atom is -0.397 e. The van der Waals surface area contributed by atoms with Crippen LogP contribution in [0.3, 0.4) is 0 Å². The molecule has 3 nitrogen and oxygen atoms in total. The number of aryl methyl sites for hydroxylation is 2. The van der Waals surface area contributed by atoms with Crippen molar-refractivity contribution in [3.05, 3.63) is 23.9 Å². The molecular weight excluding hydrogens is 150 g/mol.